The molecule has 0 aliphatic rings. The number of hydrogen-bond acceptors (Lipinski definition) is 3. The van der Waals surface area contributed by atoms with Crippen LogP contribution in [0.25, 0.3) is 0 Å². The van der Waals surface area contributed by atoms with Crippen LogP contribution in [0.3, 0.4) is 0 Å². The largest absolute Gasteiger partial charge is 0.370 e. The molecule has 19 heavy (non-hydrogen) atoms. The van der Waals surface area contributed by atoms with Crippen molar-refractivity contribution in [2.75, 3.05) is 18.5 Å². The summed E-state index contributed by atoms with van der Waals surface area (Å²) in [7, 11) is 1.95. The maximum Gasteiger partial charge on any atom is 0.125 e. The van der Waals surface area contributed by atoms with Gasteiger partial charge in [0, 0.05) is 31.7 Å². The molecule has 100 valence electrons. The third kappa shape index (κ3) is 3.76. The standard InChI is InChI=1S/C15H18FN3/c1-19(11-12-3-6-18-7-4-12)15-9-13(2-5-17)8-14(16)10-15/h3-4,6-10H,2,5,11,17H2,1H3. The number of rotatable bonds is 5. The minimum atomic E-state index is -0.220. The van der Waals surface area contributed by atoms with Crippen molar-refractivity contribution in [2.45, 2.75) is 13.0 Å². The van der Waals surface area contributed by atoms with Crippen LogP contribution in [0.1, 0.15) is 11.1 Å². The summed E-state index contributed by atoms with van der Waals surface area (Å²) in [6, 6.07) is 8.97. The van der Waals surface area contributed by atoms with E-state index in [2.05, 4.69) is 4.98 Å². The zero-order chi connectivity index (χ0) is 13.7. The zero-order valence-corrected chi connectivity index (χ0v) is 11.0. The van der Waals surface area contributed by atoms with Gasteiger partial charge in [-0.1, -0.05) is 0 Å². The second kappa shape index (κ2) is 6.29. The summed E-state index contributed by atoms with van der Waals surface area (Å²) in [5.41, 5.74) is 8.45. The molecule has 0 radical (unpaired) electrons. The Morgan fingerprint density at radius 2 is 1.89 bits per heavy atom. The maximum atomic E-state index is 13.6. The minimum absolute atomic E-state index is 0.220. The van der Waals surface area contributed by atoms with Crippen LogP contribution in [-0.4, -0.2) is 18.6 Å². The maximum absolute atomic E-state index is 13.6. The Morgan fingerprint density at radius 1 is 1.16 bits per heavy atom. The molecular weight excluding hydrogens is 241 g/mol. The molecule has 1 heterocycles. The number of pyridine rings is 1. The van der Waals surface area contributed by atoms with E-state index in [0.717, 1.165) is 16.8 Å². The van der Waals surface area contributed by atoms with Crippen LogP contribution in [0.2, 0.25) is 0 Å². The third-order valence-electron chi connectivity index (χ3n) is 2.99. The molecular formula is C15H18FN3. The number of benzene rings is 1. The molecule has 3 nitrogen and oxygen atoms in total. The Kier molecular flexibility index (Phi) is 4.47. The highest BCUT2D eigenvalue weighted by atomic mass is 19.1. The molecule has 1 aromatic carbocycles. The second-order valence-electron chi connectivity index (χ2n) is 4.57. The fourth-order valence-electron chi connectivity index (χ4n) is 2.02. The van der Waals surface area contributed by atoms with Crippen LogP contribution in [0, 0.1) is 5.82 Å². The van der Waals surface area contributed by atoms with Gasteiger partial charge < -0.3 is 10.6 Å². The van der Waals surface area contributed by atoms with Crippen LogP contribution in [0.4, 0.5) is 10.1 Å². The Morgan fingerprint density at radius 3 is 2.58 bits per heavy atom. The zero-order valence-electron chi connectivity index (χ0n) is 11.0. The summed E-state index contributed by atoms with van der Waals surface area (Å²) < 4.78 is 13.6. The van der Waals surface area contributed by atoms with Crippen molar-refractivity contribution in [1.82, 2.24) is 4.98 Å². The van der Waals surface area contributed by atoms with Crippen LogP contribution >= 0.6 is 0 Å². The topological polar surface area (TPSA) is 42.2 Å². The van der Waals surface area contributed by atoms with Gasteiger partial charge in [0.15, 0.2) is 0 Å². The first-order chi connectivity index (χ1) is 9.19. The number of nitrogens with zero attached hydrogens (tertiary/aromatic N) is 2. The summed E-state index contributed by atoms with van der Waals surface area (Å²) >= 11 is 0. The molecule has 0 aliphatic carbocycles. The van der Waals surface area contributed by atoms with E-state index < -0.39 is 0 Å². The van der Waals surface area contributed by atoms with Gasteiger partial charge in [0.25, 0.3) is 0 Å². The fraction of sp³-hybridized carbons (Fsp3) is 0.267. The molecule has 0 aliphatic heterocycles. The smallest absolute Gasteiger partial charge is 0.125 e. The van der Waals surface area contributed by atoms with Crippen molar-refractivity contribution < 1.29 is 4.39 Å². The number of nitrogens with two attached hydrogens (primary N) is 1. The van der Waals surface area contributed by atoms with E-state index in [1.165, 1.54) is 6.07 Å². The van der Waals surface area contributed by atoms with Crippen molar-refractivity contribution in [1.29, 1.82) is 0 Å². The third-order valence-corrected chi connectivity index (χ3v) is 2.99. The number of aromatic nitrogens is 1. The Balaban J connectivity index is 2.16. The molecule has 0 atom stereocenters. The second-order valence-corrected chi connectivity index (χ2v) is 4.57. The number of halogens is 1. The van der Waals surface area contributed by atoms with Gasteiger partial charge in [-0.25, -0.2) is 4.39 Å². The van der Waals surface area contributed by atoms with Gasteiger partial charge in [-0.05, 0) is 54.4 Å². The van der Waals surface area contributed by atoms with Crippen molar-refractivity contribution in [3.8, 4) is 0 Å². The summed E-state index contributed by atoms with van der Waals surface area (Å²) in [5.74, 6) is -0.220. The quantitative estimate of drug-likeness (QED) is 0.896. The lowest BCUT2D eigenvalue weighted by Crippen LogP contribution is -2.17. The monoisotopic (exact) mass is 259 g/mol. The first kappa shape index (κ1) is 13.5. The molecule has 2 aromatic rings. The first-order valence-electron chi connectivity index (χ1n) is 6.28. The van der Waals surface area contributed by atoms with E-state index in [0.29, 0.717) is 19.5 Å². The molecule has 0 saturated carbocycles. The average Bonchev–Trinajstić information content (AvgIpc) is 2.39. The molecule has 0 amide bonds. The lowest BCUT2D eigenvalue weighted by atomic mass is 10.1. The van der Waals surface area contributed by atoms with E-state index >= 15 is 0 Å². The van der Waals surface area contributed by atoms with Crippen LogP contribution in [-0.2, 0) is 13.0 Å². The van der Waals surface area contributed by atoms with Crippen LogP contribution in [0.5, 0.6) is 0 Å². The van der Waals surface area contributed by atoms with Crippen LogP contribution < -0.4 is 10.6 Å². The summed E-state index contributed by atoms with van der Waals surface area (Å²) in [6.45, 7) is 1.24. The van der Waals surface area contributed by atoms with Gasteiger partial charge in [-0.2, -0.15) is 0 Å². The van der Waals surface area contributed by atoms with Gasteiger partial charge >= 0.3 is 0 Å². The van der Waals surface area contributed by atoms with Crippen LogP contribution in [0.15, 0.2) is 42.7 Å². The molecule has 0 saturated heterocycles. The number of anilines is 1. The average molecular weight is 259 g/mol. The van der Waals surface area contributed by atoms with Crippen molar-refractivity contribution >= 4 is 5.69 Å². The predicted octanol–water partition coefficient (Wildman–Crippen LogP) is 2.36. The highest BCUT2D eigenvalue weighted by Gasteiger charge is 2.06. The lowest BCUT2D eigenvalue weighted by molar-refractivity contribution is 0.624. The van der Waals surface area contributed by atoms with E-state index in [4.69, 9.17) is 5.73 Å². The van der Waals surface area contributed by atoms with Gasteiger partial charge in [0.05, 0.1) is 0 Å². The van der Waals surface area contributed by atoms with Crippen molar-refractivity contribution in [3.63, 3.8) is 0 Å². The van der Waals surface area contributed by atoms with Gasteiger partial charge in [0.2, 0.25) is 0 Å². The molecule has 0 unspecified atom stereocenters. The Bertz CT molecular complexity index is 528. The van der Waals surface area contributed by atoms with Gasteiger partial charge in [-0.15, -0.1) is 0 Å². The van der Waals surface area contributed by atoms with Crippen molar-refractivity contribution in [3.05, 3.63) is 59.7 Å². The molecule has 4 heteroatoms. The van der Waals surface area contributed by atoms with Crippen molar-refractivity contribution in [2.24, 2.45) is 5.73 Å². The predicted molar refractivity (Wildman–Crippen MR) is 75.5 cm³/mol. The van der Waals surface area contributed by atoms with E-state index in [9.17, 15) is 4.39 Å². The molecule has 2 N–H and O–H groups in total. The number of hydrogen-bond donors (Lipinski definition) is 1. The summed E-state index contributed by atoms with van der Waals surface area (Å²) in [6.07, 6.45) is 4.21. The first-order valence-corrected chi connectivity index (χ1v) is 6.28. The van der Waals surface area contributed by atoms with E-state index in [1.807, 2.05) is 30.1 Å². The highest BCUT2D eigenvalue weighted by molar-refractivity contribution is 5.49. The molecule has 0 fully saturated rings. The molecule has 1 aromatic heterocycles. The van der Waals surface area contributed by atoms with Gasteiger partial charge in [0.1, 0.15) is 5.82 Å². The SMILES string of the molecule is CN(Cc1ccncc1)c1cc(F)cc(CCN)c1. The van der Waals surface area contributed by atoms with E-state index in [-0.39, 0.29) is 5.82 Å². The normalized spacial score (nSPS) is 10.5. The lowest BCUT2D eigenvalue weighted by Gasteiger charge is -2.20. The van der Waals surface area contributed by atoms with E-state index in [1.54, 1.807) is 18.5 Å². The minimum Gasteiger partial charge on any atom is -0.370 e. The highest BCUT2D eigenvalue weighted by Crippen LogP contribution is 2.19. The van der Waals surface area contributed by atoms with Gasteiger partial charge in [-0.3, -0.25) is 4.98 Å². The molecule has 2 rings (SSSR count). The molecule has 0 spiro atoms. The summed E-state index contributed by atoms with van der Waals surface area (Å²) in [4.78, 5) is 6.00. The Hall–Kier alpha value is -1.94. The fourth-order valence-corrected chi connectivity index (χ4v) is 2.02. The Labute approximate surface area is 112 Å². The molecule has 0 bridgehead atoms. The summed E-state index contributed by atoms with van der Waals surface area (Å²) in [5, 5.41) is 0.